The Bertz CT molecular complexity index is 708. The Balaban J connectivity index is 1.81. The van der Waals surface area contributed by atoms with Crippen LogP contribution in [-0.4, -0.2) is 21.9 Å². The molecule has 2 aromatic rings. The van der Waals surface area contributed by atoms with Crippen molar-refractivity contribution in [3.05, 3.63) is 77.9 Å². The molecule has 22 heavy (non-hydrogen) atoms. The average molecular weight is 307 g/mol. The molecule has 0 radical (unpaired) electrons. The Hall–Kier alpha value is -2.46. The van der Waals surface area contributed by atoms with Gasteiger partial charge < -0.3 is 5.73 Å². The molecule has 1 unspecified atom stereocenters. The highest BCUT2D eigenvalue weighted by atomic mass is 32.1. The maximum absolute atomic E-state index is 5.81. The monoisotopic (exact) mass is 307 g/mol. The van der Waals surface area contributed by atoms with Crippen LogP contribution in [0.25, 0.3) is 6.08 Å². The van der Waals surface area contributed by atoms with E-state index >= 15 is 0 Å². The number of hydrogen-bond donors (Lipinski definition) is 1. The van der Waals surface area contributed by atoms with Crippen molar-refractivity contribution in [1.29, 1.82) is 0 Å². The Morgan fingerprint density at radius 2 is 1.73 bits per heavy atom. The largest absolute Gasteiger partial charge is 0.375 e. The third-order valence-corrected chi connectivity index (χ3v) is 3.78. The van der Waals surface area contributed by atoms with Gasteiger partial charge in [-0.3, -0.25) is 0 Å². The quantitative estimate of drug-likeness (QED) is 0.883. The Labute approximate surface area is 135 Å². The lowest BCUT2D eigenvalue weighted by atomic mass is 10.0. The minimum atomic E-state index is 0.0629. The van der Waals surface area contributed by atoms with Crippen molar-refractivity contribution in [2.75, 3.05) is 0 Å². The molecule has 3 rings (SSSR count). The van der Waals surface area contributed by atoms with Crippen LogP contribution in [-0.2, 0) is 0 Å². The molecule has 4 heteroatoms. The highest BCUT2D eigenvalue weighted by molar-refractivity contribution is 7.80. The number of rotatable bonds is 3. The van der Waals surface area contributed by atoms with Gasteiger partial charge in [0.25, 0.3) is 0 Å². The van der Waals surface area contributed by atoms with Gasteiger partial charge in [0, 0.05) is 6.42 Å². The van der Waals surface area contributed by atoms with Crippen molar-refractivity contribution < 1.29 is 0 Å². The molecule has 3 nitrogen and oxygen atoms in total. The lowest BCUT2D eigenvalue weighted by molar-refractivity contribution is 0.420. The second kappa shape index (κ2) is 6.54. The van der Waals surface area contributed by atoms with Gasteiger partial charge in [-0.05, 0) is 23.3 Å². The normalized spacial score (nSPS) is 17.7. The highest BCUT2D eigenvalue weighted by Gasteiger charge is 2.26. The number of hydrogen-bond acceptors (Lipinski definition) is 2. The number of thiocarbonyl (C=S) groups is 1. The summed E-state index contributed by atoms with van der Waals surface area (Å²) in [6.07, 6.45) is 4.98. The molecule has 0 amide bonds. The Morgan fingerprint density at radius 1 is 1.09 bits per heavy atom. The fourth-order valence-electron chi connectivity index (χ4n) is 2.48. The number of hydrazone groups is 1. The highest BCUT2D eigenvalue weighted by Crippen LogP contribution is 2.21. The van der Waals surface area contributed by atoms with E-state index in [4.69, 9.17) is 18.0 Å². The van der Waals surface area contributed by atoms with Crippen molar-refractivity contribution in [2.45, 2.75) is 12.5 Å². The molecule has 0 saturated heterocycles. The second-order valence-corrected chi connectivity index (χ2v) is 5.56. The molecule has 0 bridgehead atoms. The summed E-state index contributed by atoms with van der Waals surface area (Å²) in [7, 11) is 0. The predicted molar refractivity (Wildman–Crippen MR) is 95.5 cm³/mol. The van der Waals surface area contributed by atoms with E-state index in [1.807, 2.05) is 36.4 Å². The maximum Gasteiger partial charge on any atom is 0.187 e. The zero-order valence-corrected chi connectivity index (χ0v) is 12.9. The van der Waals surface area contributed by atoms with Crippen molar-refractivity contribution >= 4 is 29.1 Å². The molecular weight excluding hydrogens is 290 g/mol. The standard InChI is InChI=1S/C18H17N3S/c19-18(22)21-16(12-11-14-7-3-1-4-8-14)13-17(20-21)15-9-5-2-6-10-15/h1-12,16H,13H2,(H2,19,22)/b12-11+. The summed E-state index contributed by atoms with van der Waals surface area (Å²) in [5.74, 6) is 0. The Kier molecular flexibility index (Phi) is 4.30. The first kappa shape index (κ1) is 14.5. The summed E-state index contributed by atoms with van der Waals surface area (Å²) >= 11 is 5.13. The van der Waals surface area contributed by atoms with Crippen molar-refractivity contribution in [3.8, 4) is 0 Å². The molecule has 1 atom stereocenters. The summed E-state index contributed by atoms with van der Waals surface area (Å²) in [6, 6.07) is 20.4. The van der Waals surface area contributed by atoms with Gasteiger partial charge in [-0.25, -0.2) is 5.01 Å². The number of nitrogens with two attached hydrogens (primary N) is 1. The molecule has 0 fully saturated rings. The molecular formula is C18H17N3S. The lowest BCUT2D eigenvalue weighted by Gasteiger charge is -2.18. The van der Waals surface area contributed by atoms with Crippen LogP contribution in [0.3, 0.4) is 0 Å². The summed E-state index contributed by atoms with van der Waals surface area (Å²) in [6.45, 7) is 0. The Morgan fingerprint density at radius 3 is 2.36 bits per heavy atom. The van der Waals surface area contributed by atoms with E-state index in [9.17, 15) is 0 Å². The van der Waals surface area contributed by atoms with E-state index in [-0.39, 0.29) is 6.04 Å². The SMILES string of the molecule is NC(=S)N1N=C(c2ccccc2)CC1/C=C/c1ccccc1. The molecule has 0 aliphatic carbocycles. The fourth-order valence-corrected chi connectivity index (χ4v) is 2.66. The maximum atomic E-state index is 5.81. The van der Waals surface area contributed by atoms with E-state index in [1.54, 1.807) is 5.01 Å². The predicted octanol–water partition coefficient (Wildman–Crippen LogP) is 3.42. The van der Waals surface area contributed by atoms with Crippen LogP contribution in [0.15, 0.2) is 71.8 Å². The zero-order valence-electron chi connectivity index (χ0n) is 12.1. The van der Waals surface area contributed by atoms with E-state index in [2.05, 4.69) is 41.5 Å². The molecule has 2 N–H and O–H groups in total. The fraction of sp³-hybridized carbons (Fsp3) is 0.111. The molecule has 0 spiro atoms. The van der Waals surface area contributed by atoms with Gasteiger partial charge in [0.05, 0.1) is 11.8 Å². The van der Waals surface area contributed by atoms with Crippen LogP contribution in [0.5, 0.6) is 0 Å². The van der Waals surface area contributed by atoms with E-state index in [0.29, 0.717) is 5.11 Å². The van der Waals surface area contributed by atoms with Crippen LogP contribution in [0.4, 0.5) is 0 Å². The summed E-state index contributed by atoms with van der Waals surface area (Å²) in [5.41, 5.74) is 9.09. The van der Waals surface area contributed by atoms with Gasteiger partial charge >= 0.3 is 0 Å². The zero-order chi connectivity index (χ0) is 15.4. The van der Waals surface area contributed by atoms with Crippen LogP contribution >= 0.6 is 12.2 Å². The first-order valence-corrected chi connectivity index (χ1v) is 7.59. The van der Waals surface area contributed by atoms with E-state index < -0.39 is 0 Å². The third kappa shape index (κ3) is 3.23. The van der Waals surface area contributed by atoms with Crippen LogP contribution in [0.2, 0.25) is 0 Å². The van der Waals surface area contributed by atoms with Gasteiger partial charge in [-0.15, -0.1) is 0 Å². The molecule has 0 aromatic heterocycles. The topological polar surface area (TPSA) is 41.6 Å². The number of nitrogens with zero attached hydrogens (tertiary/aromatic N) is 2. The van der Waals surface area contributed by atoms with Gasteiger partial charge in [0.15, 0.2) is 5.11 Å². The molecule has 1 aliphatic rings. The average Bonchev–Trinajstić information content (AvgIpc) is 2.99. The molecule has 1 aliphatic heterocycles. The summed E-state index contributed by atoms with van der Waals surface area (Å²) in [5, 5.41) is 6.60. The number of benzene rings is 2. The third-order valence-electron chi connectivity index (χ3n) is 3.59. The van der Waals surface area contributed by atoms with Gasteiger partial charge in [-0.1, -0.05) is 72.8 Å². The molecule has 1 heterocycles. The van der Waals surface area contributed by atoms with Crippen molar-refractivity contribution in [1.82, 2.24) is 5.01 Å². The second-order valence-electron chi connectivity index (χ2n) is 5.14. The van der Waals surface area contributed by atoms with Gasteiger partial charge in [0.2, 0.25) is 0 Å². The van der Waals surface area contributed by atoms with Gasteiger partial charge in [-0.2, -0.15) is 5.10 Å². The van der Waals surface area contributed by atoms with Crippen LogP contribution < -0.4 is 5.73 Å². The van der Waals surface area contributed by atoms with Gasteiger partial charge in [0.1, 0.15) is 0 Å². The lowest BCUT2D eigenvalue weighted by Crippen LogP contribution is -2.35. The molecule has 0 saturated carbocycles. The molecule has 2 aromatic carbocycles. The smallest absolute Gasteiger partial charge is 0.187 e. The summed E-state index contributed by atoms with van der Waals surface area (Å²) in [4.78, 5) is 0. The van der Waals surface area contributed by atoms with E-state index in [0.717, 1.165) is 23.3 Å². The molecule has 110 valence electrons. The van der Waals surface area contributed by atoms with Crippen molar-refractivity contribution in [2.24, 2.45) is 10.8 Å². The minimum Gasteiger partial charge on any atom is -0.375 e. The minimum absolute atomic E-state index is 0.0629. The van der Waals surface area contributed by atoms with E-state index in [1.165, 1.54) is 0 Å². The van der Waals surface area contributed by atoms with Crippen LogP contribution in [0.1, 0.15) is 17.5 Å². The first-order chi connectivity index (χ1) is 10.7. The van der Waals surface area contributed by atoms with Crippen molar-refractivity contribution in [3.63, 3.8) is 0 Å². The first-order valence-electron chi connectivity index (χ1n) is 7.19. The summed E-state index contributed by atoms with van der Waals surface area (Å²) < 4.78 is 0. The van der Waals surface area contributed by atoms with Crippen LogP contribution in [0, 0.1) is 0 Å².